The van der Waals surface area contributed by atoms with Gasteiger partial charge in [-0.1, -0.05) is 27.6 Å². The van der Waals surface area contributed by atoms with Crippen LogP contribution < -0.4 is 4.90 Å². The van der Waals surface area contributed by atoms with Gasteiger partial charge in [-0.2, -0.15) is 0 Å². The molecule has 1 aliphatic carbocycles. The van der Waals surface area contributed by atoms with Crippen LogP contribution in [0.15, 0.2) is 34.3 Å². The van der Waals surface area contributed by atoms with Gasteiger partial charge in [0.05, 0.1) is 17.5 Å². The molecule has 0 radical (unpaired) electrons. The van der Waals surface area contributed by atoms with Gasteiger partial charge in [-0.3, -0.25) is 14.5 Å². The zero-order valence-electron chi connectivity index (χ0n) is 11.5. The van der Waals surface area contributed by atoms with Crippen molar-refractivity contribution in [2.24, 2.45) is 11.8 Å². The third-order valence-corrected chi connectivity index (χ3v) is 5.11. The van der Waals surface area contributed by atoms with Crippen molar-refractivity contribution >= 4 is 33.4 Å². The lowest BCUT2D eigenvalue weighted by Crippen LogP contribution is -2.30. The Hall–Kier alpha value is -1.42. The molecule has 0 spiro atoms. The van der Waals surface area contributed by atoms with Crippen LogP contribution in [0.3, 0.4) is 0 Å². The highest BCUT2D eigenvalue weighted by molar-refractivity contribution is 9.10. The van der Waals surface area contributed by atoms with Crippen LogP contribution in [0.5, 0.6) is 0 Å². The summed E-state index contributed by atoms with van der Waals surface area (Å²) in [6, 6.07) is 5.60. The lowest BCUT2D eigenvalue weighted by molar-refractivity contribution is -0.122. The summed E-state index contributed by atoms with van der Waals surface area (Å²) in [6.45, 7) is 3.98. The molecule has 20 heavy (non-hydrogen) atoms. The number of allylic oxidation sites excluding steroid dienone is 2. The van der Waals surface area contributed by atoms with Gasteiger partial charge in [0.25, 0.3) is 0 Å². The maximum Gasteiger partial charge on any atom is 0.238 e. The molecule has 1 aromatic rings. The summed E-state index contributed by atoms with van der Waals surface area (Å²) < 4.78 is 0.982. The number of halogens is 1. The number of hydrogen-bond donors (Lipinski definition) is 0. The number of nitrogens with zero attached hydrogens (tertiary/aromatic N) is 1. The number of imide groups is 1. The van der Waals surface area contributed by atoms with Crippen LogP contribution in [0.25, 0.3) is 0 Å². The van der Waals surface area contributed by atoms with Crippen molar-refractivity contribution in [1.82, 2.24) is 0 Å². The van der Waals surface area contributed by atoms with Crippen LogP contribution in [0.2, 0.25) is 0 Å². The molecule has 0 aromatic heterocycles. The highest BCUT2D eigenvalue weighted by atomic mass is 79.9. The van der Waals surface area contributed by atoms with E-state index < -0.39 is 0 Å². The van der Waals surface area contributed by atoms with E-state index in [2.05, 4.69) is 22.0 Å². The van der Waals surface area contributed by atoms with E-state index in [1.165, 1.54) is 10.5 Å². The molecule has 4 heteroatoms. The van der Waals surface area contributed by atoms with Crippen LogP contribution in [-0.4, -0.2) is 11.8 Å². The molecule has 104 valence electrons. The molecule has 2 atom stereocenters. The van der Waals surface area contributed by atoms with Crippen molar-refractivity contribution in [3.05, 3.63) is 39.9 Å². The van der Waals surface area contributed by atoms with Crippen molar-refractivity contribution in [2.45, 2.75) is 26.7 Å². The first-order chi connectivity index (χ1) is 9.49. The molecule has 1 aliphatic heterocycles. The van der Waals surface area contributed by atoms with Gasteiger partial charge in [0.1, 0.15) is 0 Å². The van der Waals surface area contributed by atoms with Gasteiger partial charge in [-0.15, -0.1) is 0 Å². The maximum atomic E-state index is 12.6. The zero-order chi connectivity index (χ0) is 14.4. The number of carbonyl (C=O) groups excluding carboxylic acids is 2. The van der Waals surface area contributed by atoms with Crippen LogP contribution >= 0.6 is 15.9 Å². The van der Waals surface area contributed by atoms with E-state index >= 15 is 0 Å². The fourth-order valence-corrected chi connectivity index (χ4v) is 3.31. The number of fused-ring (bicyclic) bond motifs is 1. The number of carbonyl (C=O) groups is 2. The Balaban J connectivity index is 1.97. The van der Waals surface area contributed by atoms with Gasteiger partial charge in [0.15, 0.2) is 0 Å². The van der Waals surface area contributed by atoms with Crippen molar-refractivity contribution < 1.29 is 9.59 Å². The molecule has 1 saturated heterocycles. The summed E-state index contributed by atoms with van der Waals surface area (Å²) in [4.78, 5) is 26.5. The Morgan fingerprint density at radius 2 is 1.85 bits per heavy atom. The number of benzene rings is 1. The Bertz CT molecular complexity index is 635. The van der Waals surface area contributed by atoms with E-state index in [0.29, 0.717) is 18.5 Å². The fraction of sp³-hybridized carbons (Fsp3) is 0.375. The number of rotatable bonds is 1. The molecule has 0 unspecified atom stereocenters. The Kier molecular flexibility index (Phi) is 3.28. The van der Waals surface area contributed by atoms with E-state index in [1.807, 2.05) is 32.0 Å². The average Bonchev–Trinajstić information content (AvgIpc) is 2.65. The summed E-state index contributed by atoms with van der Waals surface area (Å²) in [5.74, 6) is -0.439. The van der Waals surface area contributed by atoms with Gasteiger partial charge >= 0.3 is 0 Å². The van der Waals surface area contributed by atoms with Crippen LogP contribution in [0.4, 0.5) is 5.69 Å². The molecule has 2 aliphatic rings. The predicted molar refractivity (Wildman–Crippen MR) is 81.3 cm³/mol. The molecular weight excluding hydrogens is 318 g/mol. The predicted octanol–water partition coefficient (Wildman–Crippen LogP) is 3.60. The van der Waals surface area contributed by atoms with Gasteiger partial charge in [-0.05, 0) is 50.5 Å². The molecule has 1 aromatic carbocycles. The standard InChI is InChI=1S/C16H16BrNO2/c1-9-3-5-12-13(7-9)16(20)18(15(12)19)11-4-6-14(17)10(2)8-11/h3-4,6,8,12-13H,5,7H2,1-2H3/t12-,13-/m1/s1. The maximum absolute atomic E-state index is 12.6. The number of amides is 2. The smallest absolute Gasteiger partial charge is 0.238 e. The third kappa shape index (κ3) is 2.03. The van der Waals surface area contributed by atoms with E-state index in [1.54, 1.807) is 0 Å². The normalized spacial score (nSPS) is 25.8. The van der Waals surface area contributed by atoms with E-state index in [4.69, 9.17) is 0 Å². The molecule has 3 rings (SSSR count). The van der Waals surface area contributed by atoms with Gasteiger partial charge in [0.2, 0.25) is 11.8 Å². The molecular formula is C16H16BrNO2. The first-order valence-electron chi connectivity index (χ1n) is 6.78. The van der Waals surface area contributed by atoms with Crippen LogP contribution in [0, 0.1) is 18.8 Å². The van der Waals surface area contributed by atoms with E-state index in [-0.39, 0.29) is 23.7 Å². The first kappa shape index (κ1) is 13.6. The summed E-state index contributed by atoms with van der Waals surface area (Å²) in [5, 5.41) is 0. The molecule has 2 amide bonds. The van der Waals surface area contributed by atoms with Crippen LogP contribution in [0.1, 0.15) is 25.3 Å². The topological polar surface area (TPSA) is 37.4 Å². The Labute approximate surface area is 126 Å². The van der Waals surface area contributed by atoms with Crippen LogP contribution in [-0.2, 0) is 9.59 Å². The molecule has 0 bridgehead atoms. The van der Waals surface area contributed by atoms with E-state index in [0.717, 1.165) is 10.0 Å². The van der Waals surface area contributed by atoms with Gasteiger partial charge < -0.3 is 0 Å². The third-order valence-electron chi connectivity index (χ3n) is 4.22. The number of aryl methyl sites for hydroxylation is 1. The fourth-order valence-electron chi connectivity index (χ4n) is 3.06. The number of anilines is 1. The summed E-state index contributed by atoms with van der Waals surface area (Å²) in [7, 11) is 0. The second-order valence-corrected chi connectivity index (χ2v) is 6.50. The Morgan fingerprint density at radius 3 is 2.55 bits per heavy atom. The summed E-state index contributed by atoms with van der Waals surface area (Å²) >= 11 is 3.44. The SMILES string of the molecule is CC1=CC[C@H]2C(=O)N(c3ccc(Br)c(C)c3)C(=O)[C@@H]2C1. The lowest BCUT2D eigenvalue weighted by Gasteiger charge is -2.18. The highest BCUT2D eigenvalue weighted by Gasteiger charge is 2.48. The minimum absolute atomic E-state index is 0.0471. The molecule has 0 N–H and O–H groups in total. The molecule has 1 fully saturated rings. The van der Waals surface area contributed by atoms with Gasteiger partial charge in [-0.25, -0.2) is 0 Å². The van der Waals surface area contributed by atoms with Crippen molar-refractivity contribution in [3.8, 4) is 0 Å². The average molecular weight is 334 g/mol. The molecule has 0 saturated carbocycles. The van der Waals surface area contributed by atoms with E-state index in [9.17, 15) is 9.59 Å². The summed E-state index contributed by atoms with van der Waals surface area (Å²) in [6.07, 6.45) is 3.48. The molecule has 1 heterocycles. The lowest BCUT2D eigenvalue weighted by atomic mass is 9.82. The van der Waals surface area contributed by atoms with Crippen molar-refractivity contribution in [2.75, 3.05) is 4.90 Å². The number of hydrogen-bond acceptors (Lipinski definition) is 2. The second kappa shape index (κ2) is 4.85. The summed E-state index contributed by atoms with van der Waals surface area (Å²) in [5.41, 5.74) is 2.92. The first-order valence-corrected chi connectivity index (χ1v) is 7.58. The quantitative estimate of drug-likeness (QED) is 0.581. The highest BCUT2D eigenvalue weighted by Crippen LogP contribution is 2.40. The van der Waals surface area contributed by atoms with Crippen molar-refractivity contribution in [3.63, 3.8) is 0 Å². The van der Waals surface area contributed by atoms with Crippen molar-refractivity contribution in [1.29, 1.82) is 0 Å². The molecule has 3 nitrogen and oxygen atoms in total. The minimum Gasteiger partial charge on any atom is -0.274 e. The zero-order valence-corrected chi connectivity index (χ0v) is 13.1. The Morgan fingerprint density at radius 1 is 1.15 bits per heavy atom. The second-order valence-electron chi connectivity index (χ2n) is 5.65. The largest absolute Gasteiger partial charge is 0.274 e. The van der Waals surface area contributed by atoms with Gasteiger partial charge in [0, 0.05) is 4.47 Å². The monoisotopic (exact) mass is 333 g/mol. The minimum atomic E-state index is -0.171.